The molecule has 0 aliphatic rings. The van der Waals surface area contributed by atoms with Gasteiger partial charge in [-0.3, -0.25) is 4.79 Å². The zero-order valence-electron chi connectivity index (χ0n) is 8.81. The van der Waals surface area contributed by atoms with Crippen LogP contribution < -0.4 is 11.1 Å². The van der Waals surface area contributed by atoms with Crippen molar-refractivity contribution in [2.45, 2.75) is 18.6 Å². The number of anilines is 1. The summed E-state index contributed by atoms with van der Waals surface area (Å²) in [6.07, 6.45) is -4.79. The van der Waals surface area contributed by atoms with Crippen LogP contribution in [-0.2, 0) is 4.79 Å². The molecule has 1 aromatic rings. The smallest absolute Gasteiger partial charge is 0.324 e. The molecule has 0 aliphatic carbocycles. The van der Waals surface area contributed by atoms with Crippen molar-refractivity contribution in [1.82, 2.24) is 0 Å². The number of nitrogens with two attached hydrogens (primary N) is 1. The SMILES string of the molecule is CC(N)(C(=O)Nc1cccc(I)c1)C(F)(F)F. The van der Waals surface area contributed by atoms with E-state index in [1.165, 1.54) is 6.07 Å². The molecule has 17 heavy (non-hydrogen) atoms. The van der Waals surface area contributed by atoms with E-state index in [1.807, 2.05) is 22.6 Å². The van der Waals surface area contributed by atoms with Gasteiger partial charge in [0.05, 0.1) is 0 Å². The first-order chi connectivity index (χ1) is 7.64. The van der Waals surface area contributed by atoms with E-state index in [0.717, 1.165) is 3.57 Å². The third-order valence-corrected chi connectivity index (χ3v) is 2.81. The Bertz CT molecular complexity index is 432. The summed E-state index contributed by atoms with van der Waals surface area (Å²) in [6.45, 7) is 0.635. The van der Waals surface area contributed by atoms with Gasteiger partial charge < -0.3 is 11.1 Å². The highest BCUT2D eigenvalue weighted by Gasteiger charge is 2.53. The van der Waals surface area contributed by atoms with Crippen LogP contribution in [0.25, 0.3) is 0 Å². The molecule has 0 saturated heterocycles. The van der Waals surface area contributed by atoms with Crippen molar-refractivity contribution in [3.05, 3.63) is 27.8 Å². The molecule has 1 unspecified atom stereocenters. The Hall–Kier alpha value is -0.830. The molecule has 0 aromatic heterocycles. The van der Waals surface area contributed by atoms with E-state index in [1.54, 1.807) is 18.2 Å². The zero-order chi connectivity index (χ0) is 13.3. The van der Waals surface area contributed by atoms with Crippen LogP contribution in [0.3, 0.4) is 0 Å². The van der Waals surface area contributed by atoms with Crippen LogP contribution in [0, 0.1) is 3.57 Å². The average Bonchev–Trinajstić information content (AvgIpc) is 2.15. The first kappa shape index (κ1) is 14.2. The first-order valence-electron chi connectivity index (χ1n) is 4.57. The maximum absolute atomic E-state index is 12.5. The van der Waals surface area contributed by atoms with Crippen LogP contribution in [0.15, 0.2) is 24.3 Å². The Balaban J connectivity index is 2.87. The Morgan fingerprint density at radius 1 is 1.41 bits per heavy atom. The number of rotatable bonds is 2. The van der Waals surface area contributed by atoms with Gasteiger partial charge in [-0.25, -0.2) is 0 Å². The number of nitrogens with one attached hydrogen (secondary N) is 1. The van der Waals surface area contributed by atoms with Gasteiger partial charge in [-0.1, -0.05) is 6.07 Å². The monoisotopic (exact) mass is 358 g/mol. The summed E-state index contributed by atoms with van der Waals surface area (Å²) < 4.78 is 38.2. The van der Waals surface area contributed by atoms with Gasteiger partial charge in [0.1, 0.15) is 0 Å². The van der Waals surface area contributed by atoms with Crippen molar-refractivity contribution in [2.75, 3.05) is 5.32 Å². The number of benzene rings is 1. The van der Waals surface area contributed by atoms with Crippen LogP contribution >= 0.6 is 22.6 Å². The van der Waals surface area contributed by atoms with E-state index in [4.69, 9.17) is 5.73 Å². The topological polar surface area (TPSA) is 55.1 Å². The van der Waals surface area contributed by atoms with Gasteiger partial charge in [-0.05, 0) is 47.7 Å². The molecule has 3 nitrogen and oxygen atoms in total. The highest BCUT2D eigenvalue weighted by atomic mass is 127. The van der Waals surface area contributed by atoms with Crippen LogP contribution in [-0.4, -0.2) is 17.6 Å². The average molecular weight is 358 g/mol. The maximum Gasteiger partial charge on any atom is 0.415 e. The normalized spacial score (nSPS) is 15.2. The Morgan fingerprint density at radius 2 is 2.00 bits per heavy atom. The molecule has 0 heterocycles. The van der Waals surface area contributed by atoms with Gasteiger partial charge in [0.25, 0.3) is 5.91 Å². The summed E-state index contributed by atoms with van der Waals surface area (Å²) in [4.78, 5) is 11.4. The molecule has 0 spiro atoms. The molecule has 1 aromatic carbocycles. The molecule has 7 heteroatoms. The van der Waals surface area contributed by atoms with Crippen molar-refractivity contribution in [3.8, 4) is 0 Å². The quantitative estimate of drug-likeness (QED) is 0.799. The molecule has 0 radical (unpaired) electrons. The number of hydrogen-bond acceptors (Lipinski definition) is 2. The molecule has 3 N–H and O–H groups in total. The molecule has 1 amide bonds. The van der Waals surface area contributed by atoms with E-state index in [0.29, 0.717) is 6.92 Å². The standard InChI is InChI=1S/C10H10F3IN2O/c1-9(15,10(11,12)13)8(17)16-7-4-2-3-6(14)5-7/h2-5H,15H2,1H3,(H,16,17). The van der Waals surface area contributed by atoms with Crippen molar-refractivity contribution in [3.63, 3.8) is 0 Å². The van der Waals surface area contributed by atoms with Crippen LogP contribution in [0.1, 0.15) is 6.92 Å². The summed E-state index contributed by atoms with van der Waals surface area (Å²) in [5.41, 5.74) is 2.36. The van der Waals surface area contributed by atoms with E-state index in [-0.39, 0.29) is 5.69 Å². The fourth-order valence-electron chi connectivity index (χ4n) is 0.956. The Labute approximate surface area is 110 Å². The van der Waals surface area contributed by atoms with Crippen molar-refractivity contribution < 1.29 is 18.0 Å². The molecule has 0 saturated carbocycles. The second-order valence-electron chi connectivity index (χ2n) is 3.66. The van der Waals surface area contributed by atoms with E-state index < -0.39 is 17.6 Å². The molecular weight excluding hydrogens is 348 g/mol. The van der Waals surface area contributed by atoms with Crippen molar-refractivity contribution >= 4 is 34.2 Å². The van der Waals surface area contributed by atoms with Crippen LogP contribution in [0.4, 0.5) is 18.9 Å². The van der Waals surface area contributed by atoms with Crippen molar-refractivity contribution in [2.24, 2.45) is 5.73 Å². The third-order valence-electron chi connectivity index (χ3n) is 2.14. The lowest BCUT2D eigenvalue weighted by Gasteiger charge is -2.26. The molecule has 0 fully saturated rings. The Kier molecular flexibility index (Phi) is 4.03. The number of alkyl halides is 3. The molecule has 0 bridgehead atoms. The zero-order valence-corrected chi connectivity index (χ0v) is 11.0. The predicted molar refractivity (Wildman–Crippen MR) is 66.4 cm³/mol. The highest BCUT2D eigenvalue weighted by molar-refractivity contribution is 14.1. The molecule has 94 valence electrons. The van der Waals surface area contributed by atoms with Gasteiger partial charge in [0, 0.05) is 9.26 Å². The summed E-state index contributed by atoms with van der Waals surface area (Å²) in [5.74, 6) is -1.29. The number of carbonyl (C=O) groups excluding carboxylic acids is 1. The van der Waals surface area contributed by atoms with Gasteiger partial charge >= 0.3 is 6.18 Å². The van der Waals surface area contributed by atoms with Gasteiger partial charge in [0.15, 0.2) is 5.54 Å². The second-order valence-corrected chi connectivity index (χ2v) is 4.91. The van der Waals surface area contributed by atoms with Crippen molar-refractivity contribution in [1.29, 1.82) is 0 Å². The number of amides is 1. The summed E-state index contributed by atoms with van der Waals surface area (Å²) >= 11 is 1.98. The van der Waals surface area contributed by atoms with Gasteiger partial charge in [-0.2, -0.15) is 13.2 Å². The minimum absolute atomic E-state index is 0.280. The highest BCUT2D eigenvalue weighted by Crippen LogP contribution is 2.29. The van der Waals surface area contributed by atoms with Gasteiger partial charge in [0.2, 0.25) is 0 Å². The fourth-order valence-corrected chi connectivity index (χ4v) is 1.50. The lowest BCUT2D eigenvalue weighted by atomic mass is 10.0. The Morgan fingerprint density at radius 3 is 2.47 bits per heavy atom. The summed E-state index contributed by atoms with van der Waals surface area (Å²) in [6, 6.07) is 6.41. The summed E-state index contributed by atoms with van der Waals surface area (Å²) in [5, 5.41) is 2.14. The lowest BCUT2D eigenvalue weighted by Crippen LogP contribution is -2.59. The largest absolute Gasteiger partial charge is 0.415 e. The minimum Gasteiger partial charge on any atom is -0.324 e. The third kappa shape index (κ3) is 3.32. The lowest BCUT2D eigenvalue weighted by molar-refractivity contribution is -0.184. The fraction of sp³-hybridized carbons (Fsp3) is 0.300. The predicted octanol–water partition coefficient (Wildman–Crippen LogP) is 2.51. The molecule has 1 atom stereocenters. The molecule has 1 rings (SSSR count). The van der Waals surface area contributed by atoms with Gasteiger partial charge in [-0.15, -0.1) is 0 Å². The van der Waals surface area contributed by atoms with E-state index in [9.17, 15) is 18.0 Å². The van der Waals surface area contributed by atoms with E-state index >= 15 is 0 Å². The molecule has 0 aliphatic heterocycles. The molecular formula is C10H10F3IN2O. The first-order valence-corrected chi connectivity index (χ1v) is 5.65. The number of halogens is 4. The number of carbonyl (C=O) groups is 1. The van der Waals surface area contributed by atoms with Crippen LogP contribution in [0.2, 0.25) is 0 Å². The van der Waals surface area contributed by atoms with E-state index in [2.05, 4.69) is 5.32 Å². The van der Waals surface area contributed by atoms with Crippen LogP contribution in [0.5, 0.6) is 0 Å². The number of hydrogen-bond donors (Lipinski definition) is 2. The second kappa shape index (κ2) is 4.81. The summed E-state index contributed by atoms with van der Waals surface area (Å²) in [7, 11) is 0. The maximum atomic E-state index is 12.5. The minimum atomic E-state index is -4.79.